The molecule has 0 saturated heterocycles. The van der Waals surface area contributed by atoms with E-state index in [4.69, 9.17) is 4.74 Å². The normalized spacial score (nSPS) is 30.2. The van der Waals surface area contributed by atoms with Gasteiger partial charge in [0.1, 0.15) is 0 Å². The number of likely N-dealkylation sites (N-methyl/N-ethyl adjacent to an activating group) is 1. The SMILES string of the molecule is CCCC(C)COC1CCCC(C)(C)C1NC. The van der Waals surface area contributed by atoms with Crippen LogP contribution in [0, 0.1) is 11.3 Å². The maximum Gasteiger partial charge on any atom is 0.0733 e. The van der Waals surface area contributed by atoms with E-state index < -0.39 is 0 Å². The molecule has 2 nitrogen and oxygen atoms in total. The van der Waals surface area contributed by atoms with Gasteiger partial charge in [-0.1, -0.05) is 40.5 Å². The van der Waals surface area contributed by atoms with Crippen molar-refractivity contribution in [1.82, 2.24) is 5.32 Å². The number of hydrogen-bond donors (Lipinski definition) is 1. The lowest BCUT2D eigenvalue weighted by Crippen LogP contribution is -2.52. The van der Waals surface area contributed by atoms with E-state index >= 15 is 0 Å². The molecule has 0 bridgehead atoms. The lowest BCUT2D eigenvalue weighted by molar-refractivity contribution is -0.0463. The molecule has 0 heterocycles. The van der Waals surface area contributed by atoms with E-state index in [1.165, 1.54) is 32.1 Å². The minimum Gasteiger partial charge on any atom is -0.376 e. The molecule has 0 amide bonds. The number of ether oxygens (including phenoxy) is 1. The molecule has 3 atom stereocenters. The van der Waals surface area contributed by atoms with Crippen LogP contribution in [0.3, 0.4) is 0 Å². The number of nitrogens with one attached hydrogen (secondary N) is 1. The van der Waals surface area contributed by atoms with Crippen molar-refractivity contribution < 1.29 is 4.74 Å². The quantitative estimate of drug-likeness (QED) is 0.767. The Hall–Kier alpha value is -0.0800. The molecule has 0 aromatic rings. The van der Waals surface area contributed by atoms with Gasteiger partial charge in [0.15, 0.2) is 0 Å². The Balaban J connectivity index is 2.45. The van der Waals surface area contributed by atoms with Crippen LogP contribution in [0.4, 0.5) is 0 Å². The van der Waals surface area contributed by atoms with Crippen LogP contribution < -0.4 is 5.32 Å². The highest BCUT2D eigenvalue weighted by molar-refractivity contribution is 4.93. The van der Waals surface area contributed by atoms with Crippen molar-refractivity contribution in [1.29, 1.82) is 0 Å². The number of hydrogen-bond acceptors (Lipinski definition) is 2. The van der Waals surface area contributed by atoms with Crippen molar-refractivity contribution in [3.63, 3.8) is 0 Å². The maximum absolute atomic E-state index is 6.17. The zero-order chi connectivity index (χ0) is 12.9. The Morgan fingerprint density at radius 3 is 2.71 bits per heavy atom. The van der Waals surface area contributed by atoms with Gasteiger partial charge in [0, 0.05) is 12.6 Å². The van der Waals surface area contributed by atoms with Crippen LogP contribution in [-0.2, 0) is 4.74 Å². The highest BCUT2D eigenvalue weighted by Gasteiger charge is 2.38. The van der Waals surface area contributed by atoms with Crippen LogP contribution in [-0.4, -0.2) is 25.8 Å². The van der Waals surface area contributed by atoms with Gasteiger partial charge >= 0.3 is 0 Å². The Bertz CT molecular complexity index is 215. The molecule has 1 aliphatic rings. The molecule has 3 unspecified atom stereocenters. The largest absolute Gasteiger partial charge is 0.376 e. The van der Waals surface area contributed by atoms with Crippen molar-refractivity contribution in [3.05, 3.63) is 0 Å². The zero-order valence-corrected chi connectivity index (χ0v) is 12.4. The summed E-state index contributed by atoms with van der Waals surface area (Å²) >= 11 is 0. The fourth-order valence-corrected chi connectivity index (χ4v) is 3.20. The molecule has 1 aliphatic carbocycles. The molecule has 17 heavy (non-hydrogen) atoms. The van der Waals surface area contributed by atoms with Crippen LogP contribution in [0.5, 0.6) is 0 Å². The second kappa shape index (κ2) is 6.75. The molecule has 0 aromatic heterocycles. The lowest BCUT2D eigenvalue weighted by Gasteiger charge is -2.44. The molecule has 1 N–H and O–H groups in total. The van der Waals surface area contributed by atoms with Gasteiger partial charge in [-0.2, -0.15) is 0 Å². The van der Waals surface area contributed by atoms with Gasteiger partial charge in [0.05, 0.1) is 6.10 Å². The highest BCUT2D eigenvalue weighted by Crippen LogP contribution is 2.37. The van der Waals surface area contributed by atoms with Crippen molar-refractivity contribution in [2.24, 2.45) is 11.3 Å². The molecule has 1 fully saturated rings. The smallest absolute Gasteiger partial charge is 0.0733 e. The second-order valence-electron chi connectivity index (χ2n) is 6.41. The molecular weight excluding hydrogens is 210 g/mol. The molecule has 102 valence electrons. The average molecular weight is 241 g/mol. The fourth-order valence-electron chi connectivity index (χ4n) is 3.20. The number of rotatable bonds is 6. The van der Waals surface area contributed by atoms with E-state index in [0.717, 1.165) is 6.61 Å². The molecule has 0 radical (unpaired) electrons. The first-order valence-electron chi connectivity index (χ1n) is 7.30. The van der Waals surface area contributed by atoms with Gasteiger partial charge < -0.3 is 10.1 Å². The summed E-state index contributed by atoms with van der Waals surface area (Å²) in [5, 5.41) is 3.48. The lowest BCUT2D eigenvalue weighted by atomic mass is 9.72. The van der Waals surface area contributed by atoms with E-state index in [2.05, 4.69) is 40.1 Å². The zero-order valence-electron chi connectivity index (χ0n) is 12.4. The van der Waals surface area contributed by atoms with Gasteiger partial charge in [0.2, 0.25) is 0 Å². The second-order valence-corrected chi connectivity index (χ2v) is 6.41. The Morgan fingerprint density at radius 1 is 1.41 bits per heavy atom. The summed E-state index contributed by atoms with van der Waals surface area (Å²) in [5.41, 5.74) is 0.367. The van der Waals surface area contributed by atoms with Gasteiger partial charge in [-0.25, -0.2) is 0 Å². The van der Waals surface area contributed by atoms with Crippen LogP contribution in [0.2, 0.25) is 0 Å². The fraction of sp³-hybridized carbons (Fsp3) is 1.00. The summed E-state index contributed by atoms with van der Waals surface area (Å²) in [6.45, 7) is 10.2. The molecule has 1 rings (SSSR count). The maximum atomic E-state index is 6.17. The summed E-state index contributed by atoms with van der Waals surface area (Å²) in [7, 11) is 2.07. The van der Waals surface area contributed by atoms with Gasteiger partial charge in [-0.15, -0.1) is 0 Å². The molecule has 0 aliphatic heterocycles. The van der Waals surface area contributed by atoms with E-state index in [9.17, 15) is 0 Å². The summed E-state index contributed by atoms with van der Waals surface area (Å²) in [6.07, 6.45) is 6.77. The monoisotopic (exact) mass is 241 g/mol. The Kier molecular flexibility index (Phi) is 5.94. The van der Waals surface area contributed by atoms with E-state index in [-0.39, 0.29) is 0 Å². The van der Waals surface area contributed by atoms with Crippen molar-refractivity contribution >= 4 is 0 Å². The standard InChI is InChI=1S/C15H31NO/c1-6-8-12(2)11-17-13-9-7-10-15(3,4)14(13)16-5/h12-14,16H,6-11H2,1-5H3. The predicted octanol–water partition coefficient (Wildman–Crippen LogP) is 3.61. The van der Waals surface area contributed by atoms with E-state index in [0.29, 0.717) is 23.5 Å². The summed E-state index contributed by atoms with van der Waals surface area (Å²) in [4.78, 5) is 0. The molecule has 2 heteroatoms. The first kappa shape index (κ1) is 15.0. The van der Waals surface area contributed by atoms with Crippen molar-refractivity contribution in [2.75, 3.05) is 13.7 Å². The van der Waals surface area contributed by atoms with E-state index in [1.807, 2.05) is 0 Å². The van der Waals surface area contributed by atoms with Crippen LogP contribution >= 0.6 is 0 Å². The van der Waals surface area contributed by atoms with Crippen LogP contribution in [0.1, 0.15) is 59.8 Å². The Labute approximate surface area is 108 Å². The summed E-state index contributed by atoms with van der Waals surface area (Å²) in [6, 6.07) is 0.505. The topological polar surface area (TPSA) is 21.3 Å². The average Bonchev–Trinajstić information content (AvgIpc) is 2.25. The predicted molar refractivity (Wildman–Crippen MR) is 74.3 cm³/mol. The first-order valence-corrected chi connectivity index (χ1v) is 7.30. The van der Waals surface area contributed by atoms with Crippen LogP contribution in [0.25, 0.3) is 0 Å². The minimum absolute atomic E-state index is 0.367. The summed E-state index contributed by atoms with van der Waals surface area (Å²) < 4.78 is 6.17. The third kappa shape index (κ3) is 4.26. The van der Waals surface area contributed by atoms with Crippen LogP contribution in [0.15, 0.2) is 0 Å². The first-order chi connectivity index (χ1) is 8.01. The highest BCUT2D eigenvalue weighted by atomic mass is 16.5. The molecule has 0 spiro atoms. The van der Waals surface area contributed by atoms with Crippen molar-refractivity contribution in [2.45, 2.75) is 71.9 Å². The Morgan fingerprint density at radius 2 is 2.12 bits per heavy atom. The molecule has 0 aromatic carbocycles. The molecule has 1 saturated carbocycles. The molecular formula is C15H31NO. The van der Waals surface area contributed by atoms with Crippen molar-refractivity contribution in [3.8, 4) is 0 Å². The third-order valence-corrected chi connectivity index (χ3v) is 4.21. The van der Waals surface area contributed by atoms with Gasteiger partial charge in [-0.05, 0) is 37.6 Å². The van der Waals surface area contributed by atoms with Gasteiger partial charge in [0.25, 0.3) is 0 Å². The van der Waals surface area contributed by atoms with Gasteiger partial charge in [-0.3, -0.25) is 0 Å². The minimum atomic E-state index is 0.367. The van der Waals surface area contributed by atoms with E-state index in [1.54, 1.807) is 0 Å². The summed E-state index contributed by atoms with van der Waals surface area (Å²) in [5.74, 6) is 0.697. The third-order valence-electron chi connectivity index (χ3n) is 4.21.